The van der Waals surface area contributed by atoms with Gasteiger partial charge in [-0.3, -0.25) is 19.2 Å². The van der Waals surface area contributed by atoms with Crippen molar-refractivity contribution < 1.29 is 19.2 Å². The lowest BCUT2D eigenvalue weighted by molar-refractivity contribution is -0.169. The fourth-order valence-electron chi connectivity index (χ4n) is 5.53. The maximum absolute atomic E-state index is 13.7. The van der Waals surface area contributed by atoms with Gasteiger partial charge in [-0.1, -0.05) is 121 Å². The van der Waals surface area contributed by atoms with E-state index in [1.165, 1.54) is 21.8 Å². The van der Waals surface area contributed by atoms with Gasteiger partial charge >= 0.3 is 0 Å². The van der Waals surface area contributed by atoms with Gasteiger partial charge in [0.25, 0.3) is 5.91 Å². The summed E-state index contributed by atoms with van der Waals surface area (Å²) in [4.78, 5) is 46.3. The van der Waals surface area contributed by atoms with Crippen LogP contribution in [0.5, 0.6) is 0 Å². The number of hydrogen-bond acceptors (Lipinski definition) is 5. The fraction of sp³-hybridized carbons (Fsp3) is 0.200. The number of allylic oxidation sites excluding steroid dienone is 1. The zero-order chi connectivity index (χ0) is 36.2. The molecule has 6 nitrogen and oxygen atoms in total. The maximum Gasteiger partial charge on any atom is 0.277 e. The number of nitrogens with one attached hydrogen (secondary N) is 1. The Labute approximate surface area is 311 Å². The first-order valence-corrected chi connectivity index (χ1v) is 18.6. The molecule has 5 rings (SSSR count). The molecule has 0 fully saturated rings. The van der Waals surface area contributed by atoms with Crippen molar-refractivity contribution in [3.63, 3.8) is 0 Å². The minimum Gasteiger partial charge on any atom is -0.352 e. The Kier molecular flexibility index (Phi) is 15.3. The summed E-state index contributed by atoms with van der Waals surface area (Å²) in [7, 11) is 0. The van der Waals surface area contributed by atoms with Gasteiger partial charge in [0.2, 0.25) is 5.91 Å². The molecule has 0 aliphatic rings. The molecular weight excluding hydrogens is 665 g/mol. The first-order valence-electron chi connectivity index (χ1n) is 17.6. The van der Waals surface area contributed by atoms with E-state index >= 15 is 0 Å². The predicted molar refractivity (Wildman–Crippen MR) is 209 cm³/mol. The van der Waals surface area contributed by atoms with E-state index in [-0.39, 0.29) is 24.4 Å². The van der Waals surface area contributed by atoms with Crippen LogP contribution in [0.3, 0.4) is 0 Å². The third-order valence-corrected chi connectivity index (χ3v) is 9.52. The summed E-state index contributed by atoms with van der Waals surface area (Å²) in [6.45, 7) is 0.161. The molecule has 7 heteroatoms. The first kappa shape index (κ1) is 37.8. The van der Waals surface area contributed by atoms with Crippen LogP contribution < -0.4 is 5.32 Å². The van der Waals surface area contributed by atoms with Crippen molar-refractivity contribution in [2.75, 3.05) is 12.3 Å². The highest BCUT2D eigenvalue weighted by atomic mass is 32.2. The van der Waals surface area contributed by atoms with Crippen LogP contribution in [0.2, 0.25) is 0 Å². The minimum absolute atomic E-state index is 0.0816. The molecule has 0 heterocycles. The molecule has 0 radical (unpaired) electrons. The summed E-state index contributed by atoms with van der Waals surface area (Å²) in [6.07, 6.45) is 6.51. The van der Waals surface area contributed by atoms with Crippen LogP contribution in [0.1, 0.15) is 58.0 Å². The molecule has 0 saturated carbocycles. The second kappa shape index (κ2) is 21.0. The largest absolute Gasteiger partial charge is 0.352 e. The van der Waals surface area contributed by atoms with Gasteiger partial charge in [0, 0.05) is 28.7 Å². The molecule has 5 aromatic carbocycles. The zero-order valence-electron chi connectivity index (χ0n) is 29.2. The number of rotatable bonds is 19. The maximum atomic E-state index is 13.7. The highest BCUT2D eigenvalue weighted by Gasteiger charge is 2.24. The van der Waals surface area contributed by atoms with E-state index in [4.69, 9.17) is 4.84 Å². The van der Waals surface area contributed by atoms with Crippen molar-refractivity contribution in [1.29, 1.82) is 0 Å². The predicted octanol–water partition coefficient (Wildman–Crippen LogP) is 8.99. The number of aldehydes is 1. The quantitative estimate of drug-likeness (QED) is 0.0401. The molecule has 0 bridgehead atoms. The normalized spacial score (nSPS) is 11.8. The molecule has 2 unspecified atom stereocenters. The zero-order valence-corrected chi connectivity index (χ0v) is 30.0. The molecule has 0 aromatic heterocycles. The number of carbonyl (C=O) groups excluding carboxylic acids is 3. The number of amides is 2. The highest BCUT2D eigenvalue weighted by Crippen LogP contribution is 2.23. The molecule has 2 atom stereocenters. The molecule has 5 aromatic rings. The Morgan fingerprint density at radius 3 is 1.98 bits per heavy atom. The van der Waals surface area contributed by atoms with Crippen molar-refractivity contribution in [3.8, 4) is 0 Å². The van der Waals surface area contributed by atoms with Gasteiger partial charge in [-0.25, -0.2) is 5.06 Å². The summed E-state index contributed by atoms with van der Waals surface area (Å²) in [5.41, 5.74) is 7.97. The number of hydrogen-bond donors (Lipinski definition) is 1. The Morgan fingerprint density at radius 2 is 1.33 bits per heavy atom. The molecule has 2 amide bonds. The molecule has 1 N–H and O–H groups in total. The number of carbonyl (C=O) groups is 3. The van der Waals surface area contributed by atoms with Gasteiger partial charge in [0.05, 0.1) is 6.54 Å². The SMILES string of the molecule is O=CC(ON(CCC(CSc1ccc(Cc2ccccc2)cc1)NC(=O)CCC=C=CCc1ccccc1)C(=O)c1ccccc1)c1ccccc1. The Morgan fingerprint density at radius 1 is 0.731 bits per heavy atom. The van der Waals surface area contributed by atoms with Crippen molar-refractivity contribution >= 4 is 29.9 Å². The van der Waals surface area contributed by atoms with Crippen LogP contribution in [0.4, 0.5) is 0 Å². The number of benzene rings is 5. The highest BCUT2D eigenvalue weighted by molar-refractivity contribution is 7.99. The molecule has 52 heavy (non-hydrogen) atoms. The topological polar surface area (TPSA) is 75.7 Å². The van der Waals surface area contributed by atoms with Gasteiger partial charge < -0.3 is 5.32 Å². The van der Waals surface area contributed by atoms with Crippen LogP contribution in [0, 0.1) is 0 Å². The Hall–Kier alpha value is -5.46. The van der Waals surface area contributed by atoms with Gasteiger partial charge in [0.1, 0.15) is 0 Å². The Bertz CT molecular complexity index is 1880. The Balaban J connectivity index is 1.25. The van der Waals surface area contributed by atoms with E-state index in [1.54, 1.807) is 48.2 Å². The number of nitrogens with zero attached hydrogens (tertiary/aromatic N) is 1. The van der Waals surface area contributed by atoms with Crippen LogP contribution in [-0.4, -0.2) is 41.5 Å². The lowest BCUT2D eigenvalue weighted by Gasteiger charge is -2.27. The van der Waals surface area contributed by atoms with E-state index in [0.717, 1.165) is 17.7 Å². The van der Waals surface area contributed by atoms with E-state index < -0.39 is 6.10 Å². The van der Waals surface area contributed by atoms with Crippen molar-refractivity contribution in [2.45, 2.75) is 49.1 Å². The van der Waals surface area contributed by atoms with E-state index in [1.807, 2.05) is 72.8 Å². The molecule has 0 aliphatic heterocycles. The van der Waals surface area contributed by atoms with Crippen LogP contribution in [0.25, 0.3) is 0 Å². The third kappa shape index (κ3) is 12.7. The van der Waals surface area contributed by atoms with E-state index in [2.05, 4.69) is 59.6 Å². The standard InChI is InChI=1S/C45H44N2O4S/c48-34-43(39-22-12-5-13-23-39)51-47(45(50)40-24-14-6-15-25-40)32-31-41(46-44(49)26-16-2-1-7-17-36-18-8-3-9-19-36)35-52-42-29-27-38(28-30-42)33-37-20-10-4-11-21-37/h2-15,18-25,27-30,34,41,43H,16-17,26,31-33,35H2,(H,46,49). The second-order valence-corrected chi connectivity index (χ2v) is 13.4. The summed E-state index contributed by atoms with van der Waals surface area (Å²) < 4.78 is 0. The summed E-state index contributed by atoms with van der Waals surface area (Å²) in [6, 6.07) is 46.7. The molecule has 0 saturated heterocycles. The van der Waals surface area contributed by atoms with Crippen LogP contribution in [-0.2, 0) is 27.3 Å². The summed E-state index contributed by atoms with van der Waals surface area (Å²) in [5, 5.41) is 4.45. The van der Waals surface area contributed by atoms with Gasteiger partial charge in [-0.2, -0.15) is 0 Å². The molecular formula is C45H44N2O4S. The van der Waals surface area contributed by atoms with Crippen molar-refractivity contribution in [3.05, 3.63) is 191 Å². The molecule has 264 valence electrons. The summed E-state index contributed by atoms with van der Waals surface area (Å²) >= 11 is 1.65. The lowest BCUT2D eigenvalue weighted by atomic mass is 10.1. The van der Waals surface area contributed by atoms with Gasteiger partial charge in [-0.05, 0) is 84.4 Å². The van der Waals surface area contributed by atoms with Crippen molar-refractivity contribution in [2.24, 2.45) is 0 Å². The van der Waals surface area contributed by atoms with Crippen LogP contribution in [0.15, 0.2) is 168 Å². The smallest absolute Gasteiger partial charge is 0.277 e. The minimum atomic E-state index is -0.965. The van der Waals surface area contributed by atoms with Crippen LogP contribution >= 0.6 is 11.8 Å². The van der Waals surface area contributed by atoms with Gasteiger partial charge in [-0.15, -0.1) is 17.5 Å². The fourth-order valence-corrected chi connectivity index (χ4v) is 6.51. The first-order chi connectivity index (χ1) is 25.6. The van der Waals surface area contributed by atoms with E-state index in [9.17, 15) is 14.4 Å². The lowest BCUT2D eigenvalue weighted by Crippen LogP contribution is -2.41. The third-order valence-electron chi connectivity index (χ3n) is 8.34. The molecule has 0 aliphatic carbocycles. The number of thioether (sulfide) groups is 1. The van der Waals surface area contributed by atoms with Gasteiger partial charge in [0.15, 0.2) is 12.4 Å². The second-order valence-electron chi connectivity index (χ2n) is 12.3. The summed E-state index contributed by atoms with van der Waals surface area (Å²) in [5.74, 6) is 0.143. The van der Waals surface area contributed by atoms with Crippen molar-refractivity contribution in [1.82, 2.24) is 10.4 Å². The molecule has 0 spiro atoms. The average Bonchev–Trinajstić information content (AvgIpc) is 3.20. The number of hydroxylamine groups is 2. The van der Waals surface area contributed by atoms with E-state index in [0.29, 0.717) is 42.4 Å². The monoisotopic (exact) mass is 708 g/mol. The average molecular weight is 709 g/mol.